The summed E-state index contributed by atoms with van der Waals surface area (Å²) in [5, 5.41) is 9.87. The Labute approximate surface area is 153 Å². The van der Waals surface area contributed by atoms with E-state index < -0.39 is 0 Å². The van der Waals surface area contributed by atoms with E-state index in [4.69, 9.17) is 21.8 Å². The molecule has 0 saturated carbocycles. The monoisotopic (exact) mass is 370 g/mol. The smallest absolute Gasteiger partial charge is 0.260 e. The van der Waals surface area contributed by atoms with Crippen LogP contribution in [0.4, 0.5) is 5.69 Å². The highest BCUT2D eigenvalue weighted by atomic mass is 35.5. The first-order valence-corrected chi connectivity index (χ1v) is 8.90. The topological polar surface area (TPSA) is 77.8 Å². The molecule has 0 atom stereocenters. The normalized spacial score (nSPS) is 11.4. The highest BCUT2D eigenvalue weighted by Gasteiger charge is 2.21. The molecule has 2 N–H and O–H groups in total. The fraction of sp³-hybridized carbons (Fsp3) is 0.167. The molecule has 25 heavy (non-hydrogen) atoms. The number of anilines is 1. The Morgan fingerprint density at radius 2 is 1.84 bits per heavy atom. The van der Waals surface area contributed by atoms with Crippen LogP contribution in [0, 0.1) is 20.8 Å². The summed E-state index contributed by atoms with van der Waals surface area (Å²) in [4.78, 5) is 6.28. The molecule has 5 nitrogen and oxygen atoms in total. The maximum Gasteiger partial charge on any atom is 0.260 e. The predicted molar refractivity (Wildman–Crippen MR) is 102 cm³/mol. The van der Waals surface area contributed by atoms with Gasteiger partial charge in [-0.1, -0.05) is 17.7 Å². The first-order chi connectivity index (χ1) is 12.0. The van der Waals surface area contributed by atoms with Gasteiger partial charge in [-0.3, -0.25) is 0 Å². The van der Waals surface area contributed by atoms with Crippen molar-refractivity contribution in [1.82, 2.24) is 15.2 Å². The van der Waals surface area contributed by atoms with E-state index in [-0.39, 0.29) is 0 Å². The molecule has 0 aliphatic heterocycles. The molecule has 0 fully saturated rings. The zero-order chi connectivity index (χ0) is 17.7. The van der Waals surface area contributed by atoms with Crippen molar-refractivity contribution in [3.05, 3.63) is 46.1 Å². The van der Waals surface area contributed by atoms with Crippen molar-refractivity contribution in [2.75, 3.05) is 5.73 Å². The number of hydrogen-bond donors (Lipinski definition) is 1. The van der Waals surface area contributed by atoms with Gasteiger partial charge in [0, 0.05) is 21.7 Å². The Morgan fingerprint density at radius 1 is 1.08 bits per heavy atom. The predicted octanol–water partition coefficient (Wildman–Crippen LogP) is 5.17. The summed E-state index contributed by atoms with van der Waals surface area (Å²) in [6, 6.07) is 7.29. The molecule has 0 unspecified atom stereocenters. The minimum atomic E-state index is 0.394. The third-order valence-electron chi connectivity index (χ3n) is 4.37. The van der Waals surface area contributed by atoms with Crippen LogP contribution in [0.2, 0.25) is 5.02 Å². The molecule has 0 saturated heterocycles. The van der Waals surface area contributed by atoms with Gasteiger partial charge in [0.15, 0.2) is 0 Å². The second-order valence-corrected chi connectivity index (χ2v) is 7.33. The van der Waals surface area contributed by atoms with E-state index in [9.17, 15) is 0 Å². The SMILES string of the molecule is Cc1nc2sc(-c3nnc(-c4cccc(Cl)c4)o3)c(N)c2c(C)c1C. The lowest BCUT2D eigenvalue weighted by molar-refractivity contribution is 0.586. The van der Waals surface area contributed by atoms with Crippen LogP contribution < -0.4 is 5.73 Å². The molecular weight excluding hydrogens is 356 g/mol. The first kappa shape index (κ1) is 16.1. The zero-order valence-electron chi connectivity index (χ0n) is 13.9. The van der Waals surface area contributed by atoms with Crippen molar-refractivity contribution in [3.8, 4) is 22.2 Å². The van der Waals surface area contributed by atoms with Crippen molar-refractivity contribution in [2.24, 2.45) is 0 Å². The summed E-state index contributed by atoms with van der Waals surface area (Å²) in [6.45, 7) is 6.11. The fourth-order valence-corrected chi connectivity index (χ4v) is 4.09. The highest BCUT2D eigenvalue weighted by Crippen LogP contribution is 2.42. The number of nitrogens with zero attached hydrogens (tertiary/aromatic N) is 3. The highest BCUT2D eigenvalue weighted by molar-refractivity contribution is 7.22. The number of rotatable bonds is 2. The van der Waals surface area contributed by atoms with Crippen LogP contribution in [-0.4, -0.2) is 15.2 Å². The van der Waals surface area contributed by atoms with Gasteiger partial charge >= 0.3 is 0 Å². The molecular formula is C18H15ClN4OS. The van der Waals surface area contributed by atoms with Crippen LogP contribution in [0.3, 0.4) is 0 Å². The largest absolute Gasteiger partial charge is 0.415 e. The number of nitrogens with two attached hydrogens (primary N) is 1. The number of hydrogen-bond acceptors (Lipinski definition) is 6. The first-order valence-electron chi connectivity index (χ1n) is 7.71. The quantitative estimate of drug-likeness (QED) is 0.526. The van der Waals surface area contributed by atoms with Crippen molar-refractivity contribution >= 4 is 38.8 Å². The summed E-state index contributed by atoms with van der Waals surface area (Å²) < 4.78 is 5.84. The molecule has 4 rings (SSSR count). The lowest BCUT2D eigenvalue weighted by atomic mass is 10.1. The fourth-order valence-electron chi connectivity index (χ4n) is 2.78. The lowest BCUT2D eigenvalue weighted by Crippen LogP contribution is -1.93. The van der Waals surface area contributed by atoms with Gasteiger partial charge in [-0.15, -0.1) is 21.5 Å². The van der Waals surface area contributed by atoms with Crippen LogP contribution >= 0.6 is 22.9 Å². The van der Waals surface area contributed by atoms with E-state index in [0.717, 1.165) is 37.5 Å². The van der Waals surface area contributed by atoms with Gasteiger partial charge in [0.1, 0.15) is 9.71 Å². The van der Waals surface area contributed by atoms with E-state index in [1.54, 1.807) is 12.1 Å². The molecule has 4 aromatic rings. The lowest BCUT2D eigenvalue weighted by Gasteiger charge is -2.05. The summed E-state index contributed by atoms with van der Waals surface area (Å²) >= 11 is 7.50. The molecule has 3 heterocycles. The maximum atomic E-state index is 6.38. The summed E-state index contributed by atoms with van der Waals surface area (Å²) in [7, 11) is 0. The number of nitrogen functional groups attached to an aromatic ring is 1. The summed E-state index contributed by atoms with van der Waals surface area (Å²) in [5.74, 6) is 0.802. The molecule has 0 bridgehead atoms. The van der Waals surface area contributed by atoms with Crippen molar-refractivity contribution in [2.45, 2.75) is 20.8 Å². The number of benzene rings is 1. The number of thiophene rings is 1. The molecule has 126 valence electrons. The van der Waals surface area contributed by atoms with Crippen molar-refractivity contribution in [3.63, 3.8) is 0 Å². The molecule has 0 amide bonds. The minimum absolute atomic E-state index is 0.394. The van der Waals surface area contributed by atoms with Gasteiger partial charge in [0.2, 0.25) is 5.89 Å². The third-order valence-corrected chi connectivity index (χ3v) is 5.69. The van der Waals surface area contributed by atoms with E-state index in [2.05, 4.69) is 29.0 Å². The number of aromatic nitrogens is 3. The van der Waals surface area contributed by atoms with E-state index in [1.807, 2.05) is 19.1 Å². The second-order valence-electron chi connectivity index (χ2n) is 5.89. The van der Waals surface area contributed by atoms with Gasteiger partial charge < -0.3 is 10.2 Å². The Balaban J connectivity index is 1.86. The summed E-state index contributed by atoms with van der Waals surface area (Å²) in [5.41, 5.74) is 11.1. The second kappa shape index (κ2) is 5.82. The Bertz CT molecular complexity index is 1120. The average molecular weight is 371 g/mol. The van der Waals surface area contributed by atoms with E-state index in [0.29, 0.717) is 22.5 Å². The zero-order valence-corrected chi connectivity index (χ0v) is 15.5. The van der Waals surface area contributed by atoms with Crippen molar-refractivity contribution < 1.29 is 4.42 Å². The Morgan fingerprint density at radius 3 is 2.60 bits per heavy atom. The van der Waals surface area contributed by atoms with Crippen LogP contribution in [0.1, 0.15) is 16.8 Å². The van der Waals surface area contributed by atoms with Gasteiger partial charge in [0.25, 0.3) is 5.89 Å². The minimum Gasteiger partial charge on any atom is -0.415 e. The number of fused-ring (bicyclic) bond motifs is 1. The van der Waals surface area contributed by atoms with Crippen LogP contribution in [0.5, 0.6) is 0 Å². The molecule has 0 radical (unpaired) electrons. The Hall–Kier alpha value is -2.44. The standard InChI is InChI=1S/C18H15ClN4OS/c1-8-9(2)13-14(20)15(25-18(13)21-10(8)3)17-23-22-16(24-17)11-5-4-6-12(19)7-11/h4-7H,20H2,1-3H3. The summed E-state index contributed by atoms with van der Waals surface area (Å²) in [6.07, 6.45) is 0. The molecule has 7 heteroatoms. The molecule has 0 aliphatic rings. The maximum absolute atomic E-state index is 6.38. The van der Waals surface area contributed by atoms with Gasteiger partial charge in [0.05, 0.1) is 5.69 Å². The third kappa shape index (κ3) is 2.58. The van der Waals surface area contributed by atoms with E-state index >= 15 is 0 Å². The van der Waals surface area contributed by atoms with Gasteiger partial charge in [-0.25, -0.2) is 4.98 Å². The molecule has 1 aromatic carbocycles. The number of pyridine rings is 1. The van der Waals surface area contributed by atoms with Crippen LogP contribution in [-0.2, 0) is 0 Å². The molecule has 0 aliphatic carbocycles. The number of halogens is 1. The molecule has 3 aromatic heterocycles. The van der Waals surface area contributed by atoms with Crippen LogP contribution in [0.25, 0.3) is 32.4 Å². The van der Waals surface area contributed by atoms with Crippen molar-refractivity contribution in [1.29, 1.82) is 0 Å². The average Bonchev–Trinajstić information content (AvgIpc) is 3.18. The van der Waals surface area contributed by atoms with Crippen LogP contribution in [0.15, 0.2) is 28.7 Å². The molecule has 0 spiro atoms. The van der Waals surface area contributed by atoms with Gasteiger partial charge in [-0.2, -0.15) is 0 Å². The number of aryl methyl sites for hydroxylation is 2. The Kier molecular flexibility index (Phi) is 3.74. The van der Waals surface area contributed by atoms with Gasteiger partial charge in [-0.05, 0) is 50.1 Å². The van der Waals surface area contributed by atoms with E-state index in [1.165, 1.54) is 11.3 Å².